The minimum atomic E-state index is -1.02. The lowest BCUT2D eigenvalue weighted by atomic mass is 10.0. The summed E-state index contributed by atoms with van der Waals surface area (Å²) < 4.78 is 5.45. The Balaban J connectivity index is 1.42. The number of carbonyl (C=O) groups is 4. The van der Waals surface area contributed by atoms with Gasteiger partial charge in [0.05, 0.1) is 17.7 Å². The fraction of sp³-hybridized carbons (Fsp3) is 0.312. The van der Waals surface area contributed by atoms with Crippen LogP contribution in [0, 0.1) is 0 Å². The van der Waals surface area contributed by atoms with Gasteiger partial charge in [0.2, 0.25) is 17.7 Å². The van der Waals surface area contributed by atoms with E-state index in [9.17, 15) is 19.2 Å². The number of nitrogens with zero attached hydrogens (tertiary/aromatic N) is 3. The van der Waals surface area contributed by atoms with Crippen molar-refractivity contribution < 1.29 is 23.7 Å². The highest BCUT2D eigenvalue weighted by atomic mass is 32.1. The molecule has 3 heterocycles. The topological polar surface area (TPSA) is 159 Å². The molecule has 2 aromatic heterocycles. The Morgan fingerprint density at radius 3 is 2.16 bits per heavy atom. The monoisotopic (exact) mass is 629 g/mol. The summed E-state index contributed by atoms with van der Waals surface area (Å²) in [6, 6.07) is 17.3. The number of rotatable bonds is 6. The summed E-state index contributed by atoms with van der Waals surface area (Å²) in [5.74, 6) is -1.58. The highest BCUT2D eigenvalue weighted by Gasteiger charge is 2.30. The molecule has 0 spiro atoms. The molecule has 1 aliphatic rings. The lowest BCUT2D eigenvalue weighted by molar-refractivity contribution is -0.132. The maximum absolute atomic E-state index is 13.8. The van der Waals surface area contributed by atoms with Crippen LogP contribution >= 0.6 is 11.3 Å². The number of hydrogen-bond donors (Lipinski definition) is 4. The Kier molecular flexibility index (Phi) is 10.7. The van der Waals surface area contributed by atoms with Gasteiger partial charge in [0.1, 0.15) is 18.1 Å². The maximum Gasteiger partial charge on any atom is 0.274 e. The van der Waals surface area contributed by atoms with Crippen molar-refractivity contribution >= 4 is 35.0 Å². The van der Waals surface area contributed by atoms with Crippen molar-refractivity contribution in [2.75, 3.05) is 13.1 Å². The lowest BCUT2D eigenvalue weighted by Gasteiger charge is -2.25. The van der Waals surface area contributed by atoms with Crippen molar-refractivity contribution in [1.82, 2.24) is 36.3 Å². The number of thiazole rings is 1. The number of amides is 4. The molecule has 2 bridgehead atoms. The van der Waals surface area contributed by atoms with Gasteiger partial charge >= 0.3 is 0 Å². The van der Waals surface area contributed by atoms with Gasteiger partial charge in [0, 0.05) is 43.9 Å². The van der Waals surface area contributed by atoms with E-state index in [4.69, 9.17) is 4.52 Å². The molecule has 0 fully saturated rings. The molecule has 234 valence electrons. The second-order valence-electron chi connectivity index (χ2n) is 10.9. The van der Waals surface area contributed by atoms with Gasteiger partial charge in [-0.2, -0.15) is 0 Å². The Morgan fingerprint density at radius 1 is 0.867 bits per heavy atom. The van der Waals surface area contributed by atoms with Gasteiger partial charge in [-0.1, -0.05) is 65.8 Å². The van der Waals surface area contributed by atoms with Crippen molar-refractivity contribution in [3.05, 3.63) is 106 Å². The molecule has 4 aromatic rings. The van der Waals surface area contributed by atoms with E-state index in [2.05, 4.69) is 31.4 Å². The molecule has 5 rings (SSSR count). The molecule has 13 heteroatoms. The van der Waals surface area contributed by atoms with Gasteiger partial charge in [0.15, 0.2) is 11.5 Å². The van der Waals surface area contributed by atoms with E-state index in [0.29, 0.717) is 25.4 Å². The highest BCUT2D eigenvalue weighted by Crippen LogP contribution is 2.13. The summed E-state index contributed by atoms with van der Waals surface area (Å²) in [5.41, 5.74) is 4.30. The van der Waals surface area contributed by atoms with Crippen LogP contribution in [0.15, 0.2) is 82.1 Å². The van der Waals surface area contributed by atoms with Gasteiger partial charge in [-0.25, -0.2) is 4.98 Å². The molecule has 0 radical (unpaired) electrons. The average molecular weight is 630 g/mol. The van der Waals surface area contributed by atoms with Crippen LogP contribution in [-0.2, 0) is 40.3 Å². The molecule has 4 amide bonds. The first-order chi connectivity index (χ1) is 21.8. The smallest absolute Gasteiger partial charge is 0.274 e. The zero-order chi connectivity index (χ0) is 31.6. The standard InChI is InChI=1S/C32H35N7O5S/c1-21-29(40)36-27(15-23-10-6-3-7-11-23)31(42)37-26(14-22-8-4-2-5-9-22)30(41)33-12-13-39(17-24-19-45-20-34-24)18-25-16-28(38-44-25)32(43)35-21/h2-11,16,19-21,26-27H,12-15,17-18H2,1H3,(H,33,41)(H,35,43)(H,36,40)(H,37,42)/t21-,26+,27-/m0/s1. The number of carbonyl (C=O) groups excluding carboxylic acids is 4. The van der Waals surface area contributed by atoms with Crippen LogP contribution < -0.4 is 21.3 Å². The third-order valence-electron chi connectivity index (χ3n) is 7.34. The summed E-state index contributed by atoms with van der Waals surface area (Å²) in [6.45, 7) is 3.00. The minimum Gasteiger partial charge on any atom is -0.359 e. The summed E-state index contributed by atoms with van der Waals surface area (Å²) in [5, 5.41) is 17.1. The summed E-state index contributed by atoms with van der Waals surface area (Å²) in [6.07, 6.45) is 0.428. The molecule has 4 N–H and O–H groups in total. The van der Waals surface area contributed by atoms with Crippen LogP contribution in [0.3, 0.4) is 0 Å². The molecular weight excluding hydrogens is 594 g/mol. The fourth-order valence-corrected chi connectivity index (χ4v) is 5.51. The van der Waals surface area contributed by atoms with Gasteiger partial charge in [-0.15, -0.1) is 11.3 Å². The van der Waals surface area contributed by atoms with E-state index in [0.717, 1.165) is 16.8 Å². The molecule has 12 nitrogen and oxygen atoms in total. The van der Waals surface area contributed by atoms with Gasteiger partial charge in [0.25, 0.3) is 5.91 Å². The largest absolute Gasteiger partial charge is 0.359 e. The van der Waals surface area contributed by atoms with Crippen LogP contribution in [0.25, 0.3) is 0 Å². The molecule has 0 unspecified atom stereocenters. The summed E-state index contributed by atoms with van der Waals surface area (Å²) in [4.78, 5) is 59.9. The van der Waals surface area contributed by atoms with E-state index in [1.807, 2.05) is 70.9 Å². The first-order valence-corrected chi connectivity index (χ1v) is 15.6. The SMILES string of the molecule is C[C@@H]1NC(=O)c2cc(on2)CN(Cc2cscn2)CCNC(=O)[C@@H](Cc2ccccc2)NC(=O)[C@H](Cc2ccccc2)NC1=O. The van der Waals surface area contributed by atoms with Crippen LogP contribution in [0.4, 0.5) is 0 Å². The molecule has 2 aromatic carbocycles. The normalized spacial score (nSPS) is 20.7. The number of benzene rings is 2. The Morgan fingerprint density at radius 2 is 1.51 bits per heavy atom. The van der Waals surface area contributed by atoms with Gasteiger partial charge in [-0.05, 0) is 18.1 Å². The maximum atomic E-state index is 13.8. The van der Waals surface area contributed by atoms with E-state index in [-0.39, 0.29) is 31.0 Å². The Labute approximate surface area is 264 Å². The van der Waals surface area contributed by atoms with E-state index in [1.54, 1.807) is 5.51 Å². The van der Waals surface area contributed by atoms with Crippen molar-refractivity contribution in [3.8, 4) is 0 Å². The van der Waals surface area contributed by atoms with Crippen LogP contribution in [-0.4, -0.2) is 69.9 Å². The molecule has 0 aliphatic carbocycles. The van der Waals surface area contributed by atoms with Crippen molar-refractivity contribution in [1.29, 1.82) is 0 Å². The van der Waals surface area contributed by atoms with E-state index in [1.165, 1.54) is 24.3 Å². The number of aromatic nitrogens is 2. The third-order valence-corrected chi connectivity index (χ3v) is 7.97. The van der Waals surface area contributed by atoms with Crippen LogP contribution in [0.1, 0.15) is 40.0 Å². The molecule has 1 aliphatic heterocycles. The summed E-state index contributed by atoms with van der Waals surface area (Å²) in [7, 11) is 0. The average Bonchev–Trinajstić information content (AvgIpc) is 3.73. The van der Waals surface area contributed by atoms with Crippen LogP contribution in [0.2, 0.25) is 0 Å². The molecule has 3 atom stereocenters. The molecule has 0 saturated carbocycles. The highest BCUT2D eigenvalue weighted by molar-refractivity contribution is 7.07. The first kappa shape index (κ1) is 31.5. The van der Waals surface area contributed by atoms with Crippen molar-refractivity contribution in [2.45, 2.75) is 51.0 Å². The molecular formula is C32H35N7O5S. The van der Waals surface area contributed by atoms with E-state index >= 15 is 0 Å². The lowest BCUT2D eigenvalue weighted by Crippen LogP contribution is -2.57. The predicted octanol–water partition coefficient (Wildman–Crippen LogP) is 1.84. The second kappa shape index (κ2) is 15.2. The van der Waals surface area contributed by atoms with Gasteiger partial charge < -0.3 is 25.8 Å². The number of fused-ring (bicyclic) bond motifs is 2. The predicted molar refractivity (Wildman–Crippen MR) is 167 cm³/mol. The quantitative estimate of drug-likeness (QED) is 0.252. The third kappa shape index (κ3) is 9.06. The van der Waals surface area contributed by atoms with Gasteiger partial charge in [-0.3, -0.25) is 24.1 Å². The minimum absolute atomic E-state index is 0.0232. The van der Waals surface area contributed by atoms with Crippen molar-refractivity contribution in [3.63, 3.8) is 0 Å². The zero-order valence-corrected chi connectivity index (χ0v) is 25.6. The second-order valence-corrected chi connectivity index (χ2v) is 11.6. The zero-order valence-electron chi connectivity index (χ0n) is 24.8. The molecule has 45 heavy (non-hydrogen) atoms. The van der Waals surface area contributed by atoms with E-state index < -0.39 is 35.8 Å². The first-order valence-electron chi connectivity index (χ1n) is 14.7. The number of hydrogen-bond acceptors (Lipinski definition) is 9. The molecule has 0 saturated heterocycles. The Hall–Kier alpha value is -4.88. The fourth-order valence-electron chi connectivity index (χ4n) is 4.96. The van der Waals surface area contributed by atoms with Crippen molar-refractivity contribution in [2.24, 2.45) is 0 Å². The summed E-state index contributed by atoms with van der Waals surface area (Å²) >= 11 is 1.48. The Bertz CT molecular complexity index is 1580. The van der Waals surface area contributed by atoms with Crippen LogP contribution in [0.5, 0.6) is 0 Å². The number of nitrogens with one attached hydrogen (secondary N) is 4.